The van der Waals surface area contributed by atoms with Crippen LogP contribution in [-0.4, -0.2) is 33.7 Å². The Hall–Kier alpha value is -0.830. The van der Waals surface area contributed by atoms with Gasteiger partial charge in [0, 0.05) is 19.3 Å². The highest BCUT2D eigenvalue weighted by atomic mass is 127. The molecule has 1 aliphatic carbocycles. The molecule has 5 nitrogen and oxygen atoms in total. The van der Waals surface area contributed by atoms with E-state index in [0.717, 1.165) is 30.2 Å². The predicted molar refractivity (Wildman–Crippen MR) is 119 cm³/mol. The van der Waals surface area contributed by atoms with Gasteiger partial charge in [-0.1, -0.05) is 31.9 Å². The van der Waals surface area contributed by atoms with Gasteiger partial charge in [0.15, 0.2) is 15.8 Å². The van der Waals surface area contributed by atoms with Crippen molar-refractivity contribution in [3.8, 4) is 0 Å². The lowest BCUT2D eigenvalue weighted by atomic mass is 9.89. The average molecular weight is 493 g/mol. The van der Waals surface area contributed by atoms with Crippen molar-refractivity contribution in [1.29, 1.82) is 0 Å². The lowest BCUT2D eigenvalue weighted by Gasteiger charge is -2.25. The summed E-state index contributed by atoms with van der Waals surface area (Å²) in [5.74, 6) is 0.820. The first-order valence-electron chi connectivity index (χ1n) is 9.05. The van der Waals surface area contributed by atoms with E-state index in [1.165, 1.54) is 31.9 Å². The monoisotopic (exact) mass is 493 g/mol. The maximum absolute atomic E-state index is 11.7. The minimum atomic E-state index is -3.18. The molecule has 1 saturated carbocycles. The summed E-state index contributed by atoms with van der Waals surface area (Å²) >= 11 is 0. The van der Waals surface area contributed by atoms with Crippen molar-refractivity contribution < 1.29 is 8.42 Å². The van der Waals surface area contributed by atoms with E-state index in [1.54, 1.807) is 6.07 Å². The van der Waals surface area contributed by atoms with E-state index in [1.807, 2.05) is 19.1 Å². The Balaban J connectivity index is 0.00000338. The molecule has 0 atom stereocenters. The maximum Gasteiger partial charge on any atom is 0.191 e. The molecule has 0 saturated heterocycles. The molecule has 2 rings (SSSR count). The van der Waals surface area contributed by atoms with Crippen LogP contribution < -0.4 is 10.6 Å². The minimum Gasteiger partial charge on any atom is -0.357 e. The summed E-state index contributed by atoms with van der Waals surface area (Å²) in [6.07, 6.45) is 6.41. The Morgan fingerprint density at radius 3 is 2.42 bits per heavy atom. The van der Waals surface area contributed by atoms with Gasteiger partial charge in [-0.2, -0.15) is 0 Å². The van der Waals surface area contributed by atoms with E-state index in [4.69, 9.17) is 0 Å². The zero-order chi connectivity index (χ0) is 18.5. The van der Waals surface area contributed by atoms with Crippen molar-refractivity contribution in [3.05, 3.63) is 29.3 Å². The summed E-state index contributed by atoms with van der Waals surface area (Å²) < 4.78 is 23.4. The van der Waals surface area contributed by atoms with Crippen molar-refractivity contribution in [2.24, 2.45) is 10.4 Å². The third-order valence-corrected chi connectivity index (χ3v) is 6.15. The first-order valence-corrected chi connectivity index (χ1v) is 10.9. The second-order valence-electron chi connectivity index (χ2n) is 7.44. The van der Waals surface area contributed by atoms with E-state index in [0.29, 0.717) is 16.9 Å². The maximum atomic E-state index is 11.7. The topological polar surface area (TPSA) is 70.6 Å². The SMILES string of the molecule is CCNC(=NCc1ccc(S(C)(=O)=O)c(C)c1)NCC1(C)CCCC1.I. The molecule has 0 bridgehead atoms. The Kier molecular flexibility index (Phi) is 8.85. The Morgan fingerprint density at radius 2 is 1.88 bits per heavy atom. The lowest BCUT2D eigenvalue weighted by Crippen LogP contribution is -2.42. The molecule has 0 amide bonds. The summed E-state index contributed by atoms with van der Waals surface area (Å²) in [7, 11) is -3.18. The van der Waals surface area contributed by atoms with Crippen LogP contribution in [0.2, 0.25) is 0 Å². The quantitative estimate of drug-likeness (QED) is 0.361. The van der Waals surface area contributed by atoms with Crippen molar-refractivity contribution in [2.75, 3.05) is 19.3 Å². The van der Waals surface area contributed by atoms with Gasteiger partial charge < -0.3 is 10.6 Å². The molecule has 0 unspecified atom stereocenters. The smallest absolute Gasteiger partial charge is 0.191 e. The van der Waals surface area contributed by atoms with Gasteiger partial charge in [0.05, 0.1) is 11.4 Å². The molecule has 0 radical (unpaired) electrons. The number of rotatable bonds is 6. The summed E-state index contributed by atoms with van der Waals surface area (Å²) in [4.78, 5) is 5.04. The molecule has 0 spiro atoms. The highest BCUT2D eigenvalue weighted by Crippen LogP contribution is 2.36. The third-order valence-electron chi connectivity index (χ3n) is 4.90. The molecule has 1 aromatic rings. The fourth-order valence-electron chi connectivity index (χ4n) is 3.44. The van der Waals surface area contributed by atoms with Gasteiger partial charge in [0.25, 0.3) is 0 Å². The summed E-state index contributed by atoms with van der Waals surface area (Å²) in [6.45, 7) is 8.49. The van der Waals surface area contributed by atoms with Gasteiger partial charge in [0.2, 0.25) is 0 Å². The van der Waals surface area contributed by atoms with Crippen LogP contribution in [0.15, 0.2) is 28.1 Å². The molecular weight excluding hydrogens is 461 g/mol. The first kappa shape index (κ1) is 23.2. The first-order chi connectivity index (χ1) is 11.7. The van der Waals surface area contributed by atoms with E-state index < -0.39 is 9.84 Å². The number of nitrogens with zero attached hydrogens (tertiary/aromatic N) is 1. The number of halogens is 1. The molecular formula is C19H32IN3O2S. The van der Waals surface area contributed by atoms with E-state index >= 15 is 0 Å². The molecule has 148 valence electrons. The Morgan fingerprint density at radius 1 is 1.23 bits per heavy atom. The minimum absolute atomic E-state index is 0. The predicted octanol–water partition coefficient (Wildman–Crippen LogP) is 3.65. The number of hydrogen-bond acceptors (Lipinski definition) is 3. The molecule has 1 aromatic carbocycles. The van der Waals surface area contributed by atoms with E-state index in [-0.39, 0.29) is 24.0 Å². The van der Waals surface area contributed by atoms with Crippen molar-refractivity contribution in [1.82, 2.24) is 10.6 Å². The number of sulfone groups is 1. The molecule has 0 heterocycles. The largest absolute Gasteiger partial charge is 0.357 e. The van der Waals surface area contributed by atoms with Crippen molar-refractivity contribution in [2.45, 2.75) is 57.9 Å². The van der Waals surface area contributed by atoms with Crippen LogP contribution in [0.3, 0.4) is 0 Å². The lowest BCUT2D eigenvalue weighted by molar-refractivity contribution is 0.334. The number of guanidine groups is 1. The number of hydrogen-bond donors (Lipinski definition) is 2. The molecule has 1 fully saturated rings. The van der Waals surface area contributed by atoms with Crippen molar-refractivity contribution >= 4 is 39.8 Å². The molecule has 26 heavy (non-hydrogen) atoms. The number of benzene rings is 1. The average Bonchev–Trinajstić information content (AvgIpc) is 2.96. The van der Waals surface area contributed by atoms with Crippen LogP contribution in [0.1, 0.15) is 50.7 Å². The third kappa shape index (κ3) is 6.72. The zero-order valence-corrected chi connectivity index (χ0v) is 19.4. The Labute approximate surface area is 175 Å². The highest BCUT2D eigenvalue weighted by molar-refractivity contribution is 14.0. The molecule has 7 heteroatoms. The number of aryl methyl sites for hydroxylation is 1. The highest BCUT2D eigenvalue weighted by Gasteiger charge is 2.28. The van der Waals surface area contributed by atoms with Crippen LogP contribution in [-0.2, 0) is 16.4 Å². The van der Waals surface area contributed by atoms with E-state index in [9.17, 15) is 8.42 Å². The fourth-order valence-corrected chi connectivity index (χ4v) is 4.40. The van der Waals surface area contributed by atoms with Crippen LogP contribution in [0.4, 0.5) is 0 Å². The van der Waals surface area contributed by atoms with Gasteiger partial charge in [-0.15, -0.1) is 24.0 Å². The van der Waals surface area contributed by atoms with Crippen molar-refractivity contribution in [3.63, 3.8) is 0 Å². The fraction of sp³-hybridized carbons (Fsp3) is 0.632. The zero-order valence-electron chi connectivity index (χ0n) is 16.3. The van der Waals surface area contributed by atoms with Gasteiger partial charge >= 0.3 is 0 Å². The number of nitrogens with one attached hydrogen (secondary N) is 2. The van der Waals surface area contributed by atoms with Gasteiger partial charge in [-0.25, -0.2) is 13.4 Å². The second kappa shape index (κ2) is 9.92. The summed E-state index contributed by atoms with van der Waals surface area (Å²) in [6, 6.07) is 5.42. The molecule has 0 aliphatic heterocycles. The van der Waals surface area contributed by atoms with Crippen LogP contribution in [0.25, 0.3) is 0 Å². The van der Waals surface area contributed by atoms with Crippen LogP contribution >= 0.6 is 24.0 Å². The van der Waals surface area contributed by atoms with Gasteiger partial charge in [-0.05, 0) is 49.3 Å². The molecule has 2 N–H and O–H groups in total. The molecule has 1 aliphatic rings. The second-order valence-corrected chi connectivity index (χ2v) is 9.42. The van der Waals surface area contributed by atoms with Gasteiger partial charge in [0.1, 0.15) is 0 Å². The van der Waals surface area contributed by atoms with Crippen LogP contribution in [0, 0.1) is 12.3 Å². The normalized spacial score (nSPS) is 16.8. The van der Waals surface area contributed by atoms with E-state index in [2.05, 4.69) is 29.5 Å². The summed E-state index contributed by atoms with van der Waals surface area (Å²) in [5.41, 5.74) is 2.14. The standard InChI is InChI=1S/C19H31N3O2S.HI/c1-5-20-18(22-14-19(3)10-6-7-11-19)21-13-16-8-9-17(15(2)12-16)25(4,23)24;/h8-9,12H,5-7,10-11,13-14H2,1-4H3,(H2,20,21,22);1H. The number of aliphatic imine (C=N–C) groups is 1. The Bertz CT molecular complexity index is 726. The van der Waals surface area contributed by atoms with Gasteiger partial charge in [-0.3, -0.25) is 0 Å². The molecule has 0 aromatic heterocycles. The summed E-state index contributed by atoms with van der Waals surface area (Å²) in [5, 5.41) is 6.75. The van der Waals surface area contributed by atoms with Crippen LogP contribution in [0.5, 0.6) is 0 Å².